The van der Waals surface area contributed by atoms with Gasteiger partial charge in [0.05, 0.1) is 0 Å². The molecule has 1 aliphatic carbocycles. The highest BCUT2D eigenvalue weighted by molar-refractivity contribution is 6.19. The number of halogens is 1. The number of alkyl halides is 1. The molecule has 0 saturated heterocycles. The first kappa shape index (κ1) is 13.8. The van der Waals surface area contributed by atoms with Crippen LogP contribution in [0.25, 0.3) is 0 Å². The summed E-state index contributed by atoms with van der Waals surface area (Å²) in [7, 11) is 4.20. The Morgan fingerprint density at radius 3 is 2.44 bits per heavy atom. The molecule has 1 saturated carbocycles. The number of nitrogens with one attached hydrogen (secondary N) is 1. The minimum atomic E-state index is -0.0951. The Kier molecular flexibility index (Phi) is 5.06. The van der Waals surface area contributed by atoms with Crippen molar-refractivity contribution in [1.82, 2.24) is 10.2 Å². The highest BCUT2D eigenvalue weighted by Crippen LogP contribution is 2.33. The second-order valence-corrected chi connectivity index (χ2v) is 5.41. The second-order valence-electron chi connectivity index (χ2n) is 5.10. The highest BCUT2D eigenvalue weighted by atomic mass is 35.5. The van der Waals surface area contributed by atoms with Crippen LogP contribution in [0.4, 0.5) is 0 Å². The van der Waals surface area contributed by atoms with Crippen molar-refractivity contribution in [2.75, 3.05) is 26.5 Å². The van der Waals surface area contributed by atoms with Crippen molar-refractivity contribution >= 4 is 17.5 Å². The van der Waals surface area contributed by atoms with Gasteiger partial charge in [0.1, 0.15) is 0 Å². The van der Waals surface area contributed by atoms with Gasteiger partial charge in [-0.2, -0.15) is 0 Å². The maximum absolute atomic E-state index is 11.7. The molecular weight excluding hydrogens is 224 g/mol. The van der Waals surface area contributed by atoms with Crippen LogP contribution < -0.4 is 5.32 Å². The van der Waals surface area contributed by atoms with E-state index in [9.17, 15) is 4.79 Å². The molecule has 94 valence electrons. The zero-order valence-electron chi connectivity index (χ0n) is 10.6. The first-order valence-corrected chi connectivity index (χ1v) is 6.56. The quantitative estimate of drug-likeness (QED) is 0.751. The van der Waals surface area contributed by atoms with Gasteiger partial charge in [-0.05, 0) is 26.9 Å². The molecule has 0 spiro atoms. The number of hydrogen-bond acceptors (Lipinski definition) is 2. The molecule has 0 radical (unpaired) electrons. The van der Waals surface area contributed by atoms with Crippen molar-refractivity contribution in [2.45, 2.75) is 38.1 Å². The summed E-state index contributed by atoms with van der Waals surface area (Å²) >= 11 is 5.67. The maximum atomic E-state index is 11.7. The summed E-state index contributed by atoms with van der Waals surface area (Å²) in [5, 5.41) is 3.03. The molecule has 0 bridgehead atoms. The number of carbonyl (C=O) groups is 1. The van der Waals surface area contributed by atoms with Crippen molar-refractivity contribution in [1.29, 1.82) is 0 Å². The highest BCUT2D eigenvalue weighted by Gasteiger charge is 2.36. The van der Waals surface area contributed by atoms with Gasteiger partial charge < -0.3 is 10.2 Å². The number of carbonyl (C=O) groups excluding carboxylic acids is 1. The topological polar surface area (TPSA) is 32.3 Å². The lowest BCUT2D eigenvalue weighted by atomic mass is 9.96. The molecule has 1 fully saturated rings. The Bertz CT molecular complexity index is 237. The van der Waals surface area contributed by atoms with Gasteiger partial charge in [-0.25, -0.2) is 0 Å². The number of hydrogen-bond donors (Lipinski definition) is 1. The first-order valence-electron chi connectivity index (χ1n) is 6.03. The lowest BCUT2D eigenvalue weighted by Crippen LogP contribution is -2.51. The van der Waals surface area contributed by atoms with Crippen LogP contribution in [-0.2, 0) is 4.79 Å². The molecule has 1 aliphatic rings. The zero-order valence-corrected chi connectivity index (χ0v) is 11.3. The first-order chi connectivity index (χ1) is 7.52. The second kappa shape index (κ2) is 5.87. The average Bonchev–Trinajstić information content (AvgIpc) is 2.74. The largest absolute Gasteiger partial charge is 0.354 e. The number of nitrogens with zero attached hydrogens (tertiary/aromatic N) is 1. The monoisotopic (exact) mass is 246 g/mol. The van der Waals surface area contributed by atoms with E-state index in [1.54, 1.807) is 0 Å². The molecule has 0 heterocycles. The lowest BCUT2D eigenvalue weighted by Gasteiger charge is -2.36. The molecule has 1 N–H and O–H groups in total. The van der Waals surface area contributed by atoms with E-state index in [1.807, 2.05) is 6.92 Å². The molecule has 1 atom stereocenters. The van der Waals surface area contributed by atoms with Crippen LogP contribution in [0.15, 0.2) is 0 Å². The molecule has 0 aromatic carbocycles. The van der Waals surface area contributed by atoms with Crippen molar-refractivity contribution in [2.24, 2.45) is 5.92 Å². The molecule has 0 aromatic heterocycles. The van der Waals surface area contributed by atoms with Crippen LogP contribution in [0.1, 0.15) is 32.6 Å². The molecule has 1 rings (SSSR count). The Balaban J connectivity index is 2.48. The predicted octanol–water partition coefficient (Wildman–Crippen LogP) is 1.85. The van der Waals surface area contributed by atoms with Crippen molar-refractivity contribution in [3.63, 3.8) is 0 Å². The Labute approximate surface area is 104 Å². The van der Waals surface area contributed by atoms with Gasteiger partial charge in [-0.3, -0.25) is 4.79 Å². The third-order valence-electron chi connectivity index (χ3n) is 3.75. The van der Waals surface area contributed by atoms with E-state index in [0.29, 0.717) is 5.88 Å². The molecular formula is C12H23ClN2O. The summed E-state index contributed by atoms with van der Waals surface area (Å²) in [4.78, 5) is 13.9. The Morgan fingerprint density at radius 1 is 1.44 bits per heavy atom. The van der Waals surface area contributed by atoms with Crippen LogP contribution in [0.2, 0.25) is 0 Å². The third kappa shape index (κ3) is 3.11. The zero-order chi connectivity index (χ0) is 12.2. The van der Waals surface area contributed by atoms with E-state index in [-0.39, 0.29) is 17.4 Å². The number of amides is 1. The molecule has 16 heavy (non-hydrogen) atoms. The SMILES string of the molecule is CC(CCl)C(=O)NCC1(N(C)C)CCCC1. The van der Waals surface area contributed by atoms with Crippen LogP contribution in [0.3, 0.4) is 0 Å². The molecule has 4 heteroatoms. The fourth-order valence-corrected chi connectivity index (χ4v) is 2.45. The fraction of sp³-hybridized carbons (Fsp3) is 0.917. The summed E-state index contributed by atoms with van der Waals surface area (Å²) < 4.78 is 0. The Hall–Kier alpha value is -0.280. The van der Waals surface area contributed by atoms with Crippen molar-refractivity contribution in [3.8, 4) is 0 Å². The van der Waals surface area contributed by atoms with Gasteiger partial charge in [0.2, 0.25) is 5.91 Å². The van der Waals surface area contributed by atoms with Crippen molar-refractivity contribution in [3.05, 3.63) is 0 Å². The van der Waals surface area contributed by atoms with Gasteiger partial charge in [-0.15, -0.1) is 11.6 Å². The molecule has 1 amide bonds. The average molecular weight is 247 g/mol. The van der Waals surface area contributed by atoms with Gasteiger partial charge in [0.15, 0.2) is 0 Å². The summed E-state index contributed by atoms with van der Waals surface area (Å²) in [6.07, 6.45) is 4.88. The van der Waals surface area contributed by atoms with Crippen LogP contribution >= 0.6 is 11.6 Å². The van der Waals surface area contributed by atoms with E-state index in [1.165, 1.54) is 25.7 Å². The predicted molar refractivity (Wildman–Crippen MR) is 67.8 cm³/mol. The lowest BCUT2D eigenvalue weighted by molar-refractivity contribution is -0.124. The fourth-order valence-electron chi connectivity index (χ4n) is 2.31. The van der Waals surface area contributed by atoms with Crippen molar-refractivity contribution < 1.29 is 4.79 Å². The van der Waals surface area contributed by atoms with E-state index in [2.05, 4.69) is 24.3 Å². The van der Waals surface area contributed by atoms with E-state index in [4.69, 9.17) is 11.6 Å². The number of likely N-dealkylation sites (N-methyl/N-ethyl adjacent to an activating group) is 1. The summed E-state index contributed by atoms with van der Waals surface area (Å²) in [5.41, 5.74) is 0.168. The Morgan fingerprint density at radius 2 is 2.00 bits per heavy atom. The van der Waals surface area contributed by atoms with E-state index >= 15 is 0 Å². The van der Waals surface area contributed by atoms with Gasteiger partial charge in [-0.1, -0.05) is 19.8 Å². The van der Waals surface area contributed by atoms with E-state index in [0.717, 1.165) is 6.54 Å². The van der Waals surface area contributed by atoms with Gasteiger partial charge in [0, 0.05) is 23.9 Å². The van der Waals surface area contributed by atoms with Gasteiger partial charge >= 0.3 is 0 Å². The minimum Gasteiger partial charge on any atom is -0.354 e. The van der Waals surface area contributed by atoms with Crippen LogP contribution in [0.5, 0.6) is 0 Å². The summed E-state index contributed by atoms with van der Waals surface area (Å²) in [6, 6.07) is 0. The molecule has 3 nitrogen and oxygen atoms in total. The normalized spacial score (nSPS) is 21.1. The summed E-state index contributed by atoms with van der Waals surface area (Å²) in [6.45, 7) is 2.61. The molecule has 0 aromatic rings. The standard InChI is InChI=1S/C12H23ClN2O/c1-10(8-13)11(16)14-9-12(15(2)3)6-4-5-7-12/h10H,4-9H2,1-3H3,(H,14,16). The van der Waals surface area contributed by atoms with E-state index < -0.39 is 0 Å². The molecule has 1 unspecified atom stereocenters. The smallest absolute Gasteiger partial charge is 0.224 e. The van der Waals surface area contributed by atoms with Crippen LogP contribution in [0, 0.1) is 5.92 Å². The summed E-state index contributed by atoms with van der Waals surface area (Å²) in [5.74, 6) is 0.367. The maximum Gasteiger partial charge on any atom is 0.224 e. The minimum absolute atomic E-state index is 0.0723. The van der Waals surface area contributed by atoms with Crippen LogP contribution in [-0.4, -0.2) is 42.9 Å². The third-order valence-corrected chi connectivity index (χ3v) is 4.22. The number of rotatable bonds is 5. The molecule has 0 aliphatic heterocycles. The van der Waals surface area contributed by atoms with Gasteiger partial charge in [0.25, 0.3) is 0 Å².